The monoisotopic (exact) mass is 268 g/mol. The molecule has 0 unspecified atom stereocenters. The van der Waals surface area contributed by atoms with E-state index in [1.807, 2.05) is 0 Å². The molecule has 17 heavy (non-hydrogen) atoms. The molecule has 0 heterocycles. The van der Waals surface area contributed by atoms with E-state index in [9.17, 15) is 14.8 Å². The quantitative estimate of drug-likeness (QED) is 0.257. The van der Waals surface area contributed by atoms with Gasteiger partial charge in [-0.2, -0.15) is 4.33 Å². The van der Waals surface area contributed by atoms with Crippen LogP contribution in [0, 0.1) is 0 Å². The molecule has 0 saturated carbocycles. The Hall–Kier alpha value is -0.610. The fourth-order valence-corrected chi connectivity index (χ4v) is 1.40. The smallest absolute Gasteiger partial charge is 0.691 e. The van der Waals surface area contributed by atoms with Crippen LogP contribution in [0.1, 0.15) is 20.7 Å². The van der Waals surface area contributed by atoms with Gasteiger partial charge in [0.1, 0.15) is 0 Å². The number of carbonyl (C=O) groups is 2. The van der Waals surface area contributed by atoms with Crippen LogP contribution in [0.25, 0.3) is 0 Å². The van der Waals surface area contributed by atoms with E-state index in [2.05, 4.69) is 9.37 Å². The molecule has 0 amide bonds. The first-order valence-corrected chi connectivity index (χ1v) is 4.53. The molecule has 0 aliphatic rings. The van der Waals surface area contributed by atoms with Crippen LogP contribution < -0.4 is 34.8 Å². The van der Waals surface area contributed by atoms with Crippen molar-refractivity contribution in [3.63, 3.8) is 0 Å². The zero-order chi connectivity index (χ0) is 12.1. The van der Waals surface area contributed by atoms with Gasteiger partial charge < -0.3 is 15.5 Å². The topological polar surface area (TPSA) is 116 Å². The molecule has 1 aromatic rings. The fourth-order valence-electron chi connectivity index (χ4n) is 0.947. The van der Waals surface area contributed by atoms with Crippen LogP contribution in [0.4, 0.5) is 0 Å². The number of carboxylic acids is 2. The molecular weight excluding hydrogens is 263 g/mol. The van der Waals surface area contributed by atoms with Crippen molar-refractivity contribution in [3.8, 4) is 0 Å². The Labute approximate surface area is 122 Å². The van der Waals surface area contributed by atoms with Crippen LogP contribution in [0.3, 0.4) is 0 Å². The third kappa shape index (κ3) is 5.04. The van der Waals surface area contributed by atoms with Crippen molar-refractivity contribution in [2.75, 3.05) is 0 Å². The molecule has 1 aromatic carbocycles. The standard InChI is InChI=1S/C8H6O7S.Na/c9-7(10)4-1-5(8(11)12)3-6(2-4)16-15-14-13;/h1-3,13H,(H,9,10)(H,11,12);/q;+1/p-1. The number of benzene rings is 1. The molecule has 0 atom stereocenters. The van der Waals surface area contributed by atoms with Crippen molar-refractivity contribution < 1.29 is 64.0 Å². The molecule has 2 N–H and O–H groups in total. The number of hydrogen-bond donors (Lipinski definition) is 2. The molecule has 0 aliphatic heterocycles. The first kappa shape index (κ1) is 16.4. The third-order valence-electron chi connectivity index (χ3n) is 1.56. The fraction of sp³-hybridized carbons (Fsp3) is 0. The molecule has 7 nitrogen and oxygen atoms in total. The van der Waals surface area contributed by atoms with E-state index in [-0.39, 0.29) is 45.6 Å². The minimum atomic E-state index is -1.28. The predicted molar refractivity (Wildman–Crippen MR) is 48.4 cm³/mol. The largest absolute Gasteiger partial charge is 1.00 e. The molecule has 9 heteroatoms. The molecule has 0 spiro atoms. The van der Waals surface area contributed by atoms with Gasteiger partial charge in [0, 0.05) is 4.90 Å². The van der Waals surface area contributed by atoms with Crippen molar-refractivity contribution in [3.05, 3.63) is 29.3 Å². The maximum absolute atomic E-state index is 10.7. The number of hydrogen-bond acceptors (Lipinski definition) is 6. The van der Waals surface area contributed by atoms with Crippen LogP contribution in [-0.4, -0.2) is 22.2 Å². The summed E-state index contributed by atoms with van der Waals surface area (Å²) in [5.74, 6) is -2.57. The van der Waals surface area contributed by atoms with E-state index >= 15 is 0 Å². The summed E-state index contributed by atoms with van der Waals surface area (Å²) in [7, 11) is 0. The Kier molecular flexibility index (Phi) is 7.39. The Balaban J connectivity index is 0.00000256. The van der Waals surface area contributed by atoms with Gasteiger partial charge in [-0.25, -0.2) is 9.59 Å². The van der Waals surface area contributed by atoms with E-state index < -0.39 is 11.9 Å². The van der Waals surface area contributed by atoms with Crippen molar-refractivity contribution in [2.24, 2.45) is 0 Å². The van der Waals surface area contributed by atoms with Crippen LogP contribution in [0.15, 0.2) is 23.1 Å². The van der Waals surface area contributed by atoms with Gasteiger partial charge in [0.05, 0.1) is 23.2 Å². The molecule has 1 rings (SSSR count). The van der Waals surface area contributed by atoms with Gasteiger partial charge in [-0.15, -0.1) is 0 Å². The van der Waals surface area contributed by atoms with Gasteiger partial charge in [0.15, 0.2) is 0 Å². The van der Waals surface area contributed by atoms with E-state index in [4.69, 9.17) is 10.2 Å². The summed E-state index contributed by atoms with van der Waals surface area (Å²) in [5, 5.41) is 30.0. The van der Waals surface area contributed by atoms with Crippen LogP contribution >= 0.6 is 12.0 Å². The molecule has 0 radical (unpaired) electrons. The SMILES string of the molecule is O=C(O)c1cc(SOO[O-])cc(C(=O)O)c1.[Na+]. The predicted octanol–water partition coefficient (Wildman–Crippen LogP) is -2.68. The van der Waals surface area contributed by atoms with E-state index in [1.165, 1.54) is 0 Å². The van der Waals surface area contributed by atoms with Gasteiger partial charge in [-0.3, -0.25) is 5.04 Å². The van der Waals surface area contributed by atoms with Crippen molar-refractivity contribution in [1.82, 2.24) is 0 Å². The van der Waals surface area contributed by atoms with E-state index in [1.54, 1.807) is 0 Å². The maximum atomic E-state index is 10.7. The minimum absolute atomic E-state index is 0. The number of carboxylic acid groups (broad SMARTS) is 2. The summed E-state index contributed by atoms with van der Waals surface area (Å²) in [6.45, 7) is 0. The zero-order valence-corrected chi connectivity index (χ0v) is 11.4. The first-order chi connectivity index (χ1) is 7.54. The second kappa shape index (κ2) is 7.67. The van der Waals surface area contributed by atoms with Gasteiger partial charge >= 0.3 is 41.5 Å². The molecule has 0 aromatic heterocycles. The molecule has 0 aliphatic carbocycles. The number of rotatable bonds is 5. The second-order valence-corrected chi connectivity index (χ2v) is 3.35. The molecule has 0 bridgehead atoms. The average molecular weight is 268 g/mol. The van der Waals surface area contributed by atoms with Gasteiger partial charge in [-0.1, -0.05) is 0 Å². The summed E-state index contributed by atoms with van der Waals surface area (Å²) in [4.78, 5) is 21.5. The Morgan fingerprint density at radius 2 is 1.59 bits per heavy atom. The minimum Gasteiger partial charge on any atom is -0.691 e. The van der Waals surface area contributed by atoms with Crippen LogP contribution in [-0.2, 0) is 9.37 Å². The second-order valence-electron chi connectivity index (χ2n) is 2.58. The van der Waals surface area contributed by atoms with Gasteiger partial charge in [-0.05, 0) is 18.2 Å². The summed E-state index contributed by atoms with van der Waals surface area (Å²) in [6.07, 6.45) is 0. The molecule has 86 valence electrons. The summed E-state index contributed by atoms with van der Waals surface area (Å²) < 4.78 is 3.96. The van der Waals surface area contributed by atoms with E-state index in [0.717, 1.165) is 18.2 Å². The average Bonchev–Trinajstić information content (AvgIpc) is 2.25. The van der Waals surface area contributed by atoms with Crippen molar-refractivity contribution >= 4 is 24.0 Å². The number of aromatic carboxylic acids is 2. The summed E-state index contributed by atoms with van der Waals surface area (Å²) in [5.41, 5.74) is -0.450. The molecule has 0 saturated heterocycles. The van der Waals surface area contributed by atoms with Gasteiger partial charge in [0.2, 0.25) is 0 Å². The third-order valence-corrected chi connectivity index (χ3v) is 2.11. The van der Waals surface area contributed by atoms with Crippen molar-refractivity contribution in [2.45, 2.75) is 4.90 Å². The first-order valence-electron chi connectivity index (χ1n) is 3.79. The van der Waals surface area contributed by atoms with Crippen LogP contribution in [0.2, 0.25) is 0 Å². The normalized spacial score (nSPS) is 9.47. The van der Waals surface area contributed by atoms with Crippen LogP contribution in [0.5, 0.6) is 0 Å². The van der Waals surface area contributed by atoms with Gasteiger partial charge in [0.25, 0.3) is 0 Å². The summed E-state index contributed by atoms with van der Waals surface area (Å²) in [6, 6.07) is 3.30. The van der Waals surface area contributed by atoms with E-state index in [0.29, 0.717) is 12.0 Å². The molecular formula is C8H5NaO7S. The Bertz CT molecular complexity index is 390. The Morgan fingerprint density at radius 1 is 1.12 bits per heavy atom. The zero-order valence-electron chi connectivity index (χ0n) is 8.58. The van der Waals surface area contributed by atoms with Crippen molar-refractivity contribution in [1.29, 1.82) is 0 Å². The molecule has 0 fully saturated rings. The maximum Gasteiger partial charge on any atom is 1.00 e. The summed E-state index contributed by atoms with van der Waals surface area (Å²) >= 11 is 0.422. The Morgan fingerprint density at radius 3 is 1.94 bits per heavy atom.